The lowest BCUT2D eigenvalue weighted by Crippen LogP contribution is -2.37. The van der Waals surface area contributed by atoms with Crippen LogP contribution in [0.2, 0.25) is 0 Å². The summed E-state index contributed by atoms with van der Waals surface area (Å²) < 4.78 is 4.96. The van der Waals surface area contributed by atoms with Crippen LogP contribution in [0.25, 0.3) is 0 Å². The van der Waals surface area contributed by atoms with Crippen LogP contribution in [0.1, 0.15) is 33.1 Å². The summed E-state index contributed by atoms with van der Waals surface area (Å²) in [5, 5.41) is 0. The van der Waals surface area contributed by atoms with E-state index < -0.39 is 0 Å². The van der Waals surface area contributed by atoms with E-state index in [4.69, 9.17) is 10.5 Å². The van der Waals surface area contributed by atoms with Gasteiger partial charge in [-0.25, -0.2) is 0 Å². The molecular formula is C11H19NO3. The molecule has 3 unspecified atom stereocenters. The molecule has 1 aliphatic carbocycles. The summed E-state index contributed by atoms with van der Waals surface area (Å²) in [7, 11) is 0. The fourth-order valence-corrected chi connectivity index (χ4v) is 2.28. The minimum atomic E-state index is -0.295. The maximum Gasteiger partial charge on any atom is 0.302 e. The van der Waals surface area contributed by atoms with E-state index in [1.54, 1.807) is 0 Å². The van der Waals surface area contributed by atoms with Gasteiger partial charge in [0.05, 0.1) is 6.61 Å². The van der Waals surface area contributed by atoms with Crippen LogP contribution in [-0.4, -0.2) is 18.5 Å². The van der Waals surface area contributed by atoms with E-state index in [1.807, 2.05) is 0 Å². The molecule has 2 N–H and O–H groups in total. The number of carbonyl (C=O) groups excluding carboxylic acids is 2. The third-order valence-electron chi connectivity index (χ3n) is 3.11. The Labute approximate surface area is 90.2 Å². The maximum absolute atomic E-state index is 11.2. The Hall–Kier alpha value is -1.06. The van der Waals surface area contributed by atoms with Gasteiger partial charge in [0.1, 0.15) is 0 Å². The molecule has 1 amide bonds. The highest BCUT2D eigenvalue weighted by Gasteiger charge is 2.32. The topological polar surface area (TPSA) is 69.4 Å². The molecule has 1 aliphatic rings. The quantitative estimate of drug-likeness (QED) is 0.713. The largest absolute Gasteiger partial charge is 0.466 e. The number of primary amides is 1. The Morgan fingerprint density at radius 2 is 2.07 bits per heavy atom. The van der Waals surface area contributed by atoms with Crippen LogP contribution in [0.3, 0.4) is 0 Å². The molecular weight excluding hydrogens is 194 g/mol. The molecule has 1 fully saturated rings. The molecule has 3 atom stereocenters. The smallest absolute Gasteiger partial charge is 0.302 e. The van der Waals surface area contributed by atoms with Crippen molar-refractivity contribution in [3.8, 4) is 0 Å². The maximum atomic E-state index is 11.2. The van der Waals surface area contributed by atoms with Crippen molar-refractivity contribution in [3.63, 3.8) is 0 Å². The molecule has 0 aliphatic heterocycles. The number of ether oxygens (including phenoxy) is 1. The molecule has 0 aromatic rings. The van der Waals surface area contributed by atoms with E-state index in [9.17, 15) is 9.59 Å². The number of carbonyl (C=O) groups is 2. The Morgan fingerprint density at radius 3 is 2.60 bits per heavy atom. The highest BCUT2D eigenvalue weighted by atomic mass is 16.5. The van der Waals surface area contributed by atoms with Crippen molar-refractivity contribution in [2.75, 3.05) is 6.61 Å². The first kappa shape index (κ1) is 12.0. The predicted molar refractivity (Wildman–Crippen MR) is 55.8 cm³/mol. The number of hydrogen-bond acceptors (Lipinski definition) is 3. The third kappa shape index (κ3) is 3.53. The van der Waals surface area contributed by atoms with Gasteiger partial charge in [0, 0.05) is 18.8 Å². The number of esters is 1. The Kier molecular flexibility index (Phi) is 4.12. The molecule has 0 aromatic heterocycles. The molecule has 15 heavy (non-hydrogen) atoms. The summed E-state index contributed by atoms with van der Waals surface area (Å²) in [4.78, 5) is 21.9. The van der Waals surface area contributed by atoms with Crippen LogP contribution in [0.5, 0.6) is 0 Å². The van der Waals surface area contributed by atoms with Crippen LogP contribution in [-0.2, 0) is 14.3 Å². The molecule has 0 spiro atoms. The Bertz CT molecular complexity index is 252. The van der Waals surface area contributed by atoms with Crippen LogP contribution in [0.4, 0.5) is 0 Å². The molecule has 86 valence electrons. The third-order valence-corrected chi connectivity index (χ3v) is 3.11. The van der Waals surface area contributed by atoms with Crippen molar-refractivity contribution >= 4 is 11.9 Å². The number of nitrogens with two attached hydrogens (primary N) is 1. The van der Waals surface area contributed by atoms with Gasteiger partial charge in [0.15, 0.2) is 0 Å². The average molecular weight is 213 g/mol. The van der Waals surface area contributed by atoms with E-state index in [0.29, 0.717) is 12.5 Å². The van der Waals surface area contributed by atoms with E-state index in [0.717, 1.165) is 19.3 Å². The second-order valence-electron chi connectivity index (χ2n) is 4.49. The van der Waals surface area contributed by atoms with Crippen molar-refractivity contribution in [2.24, 2.45) is 23.5 Å². The zero-order chi connectivity index (χ0) is 11.4. The fraction of sp³-hybridized carbons (Fsp3) is 0.818. The number of hydrogen-bond donors (Lipinski definition) is 1. The summed E-state index contributed by atoms with van der Waals surface area (Å²) in [6.45, 7) is 3.86. The second kappa shape index (κ2) is 5.14. The van der Waals surface area contributed by atoms with Crippen molar-refractivity contribution in [1.29, 1.82) is 0 Å². The van der Waals surface area contributed by atoms with Gasteiger partial charge in [-0.3, -0.25) is 9.59 Å². The molecule has 0 radical (unpaired) electrons. The lowest BCUT2D eigenvalue weighted by atomic mass is 9.74. The number of rotatable bonds is 3. The van der Waals surface area contributed by atoms with Gasteiger partial charge in [-0.05, 0) is 25.2 Å². The minimum absolute atomic E-state index is 0.107. The molecule has 4 nitrogen and oxygen atoms in total. The monoisotopic (exact) mass is 213 g/mol. The predicted octanol–water partition coefficient (Wildman–Crippen LogP) is 1.09. The molecule has 4 heteroatoms. The van der Waals surface area contributed by atoms with E-state index in [1.165, 1.54) is 6.92 Å². The Morgan fingerprint density at radius 1 is 1.40 bits per heavy atom. The van der Waals surface area contributed by atoms with E-state index in [2.05, 4.69) is 6.92 Å². The molecule has 0 saturated heterocycles. The van der Waals surface area contributed by atoms with Gasteiger partial charge in [-0.2, -0.15) is 0 Å². The first-order valence-electron chi connectivity index (χ1n) is 5.43. The van der Waals surface area contributed by atoms with Crippen LogP contribution >= 0.6 is 0 Å². The van der Waals surface area contributed by atoms with Gasteiger partial charge in [0.25, 0.3) is 0 Å². The van der Waals surface area contributed by atoms with Gasteiger partial charge < -0.3 is 10.5 Å². The van der Waals surface area contributed by atoms with Crippen LogP contribution < -0.4 is 5.73 Å². The highest BCUT2D eigenvalue weighted by molar-refractivity contribution is 5.77. The standard InChI is InChI=1S/C11H19NO3/c1-7-3-4-10(11(12)14)9(5-7)6-15-8(2)13/h7,9-10H,3-6H2,1-2H3,(H2,12,14). The first-order valence-corrected chi connectivity index (χ1v) is 5.43. The zero-order valence-electron chi connectivity index (χ0n) is 9.36. The van der Waals surface area contributed by atoms with Crippen LogP contribution in [0, 0.1) is 17.8 Å². The summed E-state index contributed by atoms with van der Waals surface area (Å²) in [6, 6.07) is 0. The summed E-state index contributed by atoms with van der Waals surface area (Å²) in [5.41, 5.74) is 5.33. The first-order chi connectivity index (χ1) is 7.00. The van der Waals surface area contributed by atoms with E-state index in [-0.39, 0.29) is 23.7 Å². The highest BCUT2D eigenvalue weighted by Crippen LogP contribution is 2.33. The second-order valence-corrected chi connectivity index (χ2v) is 4.49. The summed E-state index contributed by atoms with van der Waals surface area (Å²) in [6.07, 6.45) is 2.77. The van der Waals surface area contributed by atoms with Crippen molar-refractivity contribution in [1.82, 2.24) is 0 Å². The van der Waals surface area contributed by atoms with Gasteiger partial charge in [0.2, 0.25) is 5.91 Å². The lowest BCUT2D eigenvalue weighted by molar-refractivity contribution is -0.145. The molecule has 1 saturated carbocycles. The van der Waals surface area contributed by atoms with Gasteiger partial charge in [-0.15, -0.1) is 0 Å². The fourth-order valence-electron chi connectivity index (χ4n) is 2.28. The van der Waals surface area contributed by atoms with Gasteiger partial charge >= 0.3 is 5.97 Å². The SMILES string of the molecule is CC(=O)OCC1CC(C)CCC1C(N)=O. The van der Waals surface area contributed by atoms with Gasteiger partial charge in [-0.1, -0.05) is 6.92 Å². The molecule has 0 heterocycles. The van der Waals surface area contributed by atoms with E-state index >= 15 is 0 Å². The summed E-state index contributed by atoms with van der Waals surface area (Å²) in [5.74, 6) is 0.00681. The molecule has 0 aromatic carbocycles. The van der Waals surface area contributed by atoms with Crippen molar-refractivity contribution < 1.29 is 14.3 Å². The normalized spacial score (nSPS) is 30.9. The van der Waals surface area contributed by atoms with Crippen molar-refractivity contribution in [3.05, 3.63) is 0 Å². The lowest BCUT2D eigenvalue weighted by Gasteiger charge is -2.32. The Balaban J connectivity index is 2.54. The number of amides is 1. The summed E-state index contributed by atoms with van der Waals surface area (Å²) >= 11 is 0. The zero-order valence-corrected chi connectivity index (χ0v) is 9.36. The minimum Gasteiger partial charge on any atom is -0.466 e. The van der Waals surface area contributed by atoms with Crippen molar-refractivity contribution in [2.45, 2.75) is 33.1 Å². The molecule has 0 bridgehead atoms. The average Bonchev–Trinajstić information content (AvgIpc) is 2.14. The van der Waals surface area contributed by atoms with Crippen LogP contribution in [0.15, 0.2) is 0 Å². The molecule has 1 rings (SSSR count).